The van der Waals surface area contributed by atoms with Gasteiger partial charge in [0.1, 0.15) is 11.5 Å². The van der Waals surface area contributed by atoms with Crippen LogP contribution in [-0.2, 0) is 0 Å². The van der Waals surface area contributed by atoms with E-state index in [4.69, 9.17) is 4.74 Å². The van der Waals surface area contributed by atoms with E-state index >= 15 is 0 Å². The van der Waals surface area contributed by atoms with E-state index in [0.29, 0.717) is 11.3 Å². The molecule has 20 heavy (non-hydrogen) atoms. The molecule has 0 fully saturated rings. The zero-order valence-corrected chi connectivity index (χ0v) is 11.3. The minimum absolute atomic E-state index is 0.119. The van der Waals surface area contributed by atoms with Crippen LogP contribution < -0.4 is 4.74 Å². The molecule has 1 N–H and O–H groups in total. The van der Waals surface area contributed by atoms with Gasteiger partial charge >= 0.3 is 0 Å². The van der Waals surface area contributed by atoms with Crippen molar-refractivity contribution in [1.29, 1.82) is 0 Å². The van der Waals surface area contributed by atoms with Gasteiger partial charge in [0, 0.05) is 0 Å². The predicted molar refractivity (Wildman–Crippen MR) is 77.0 cm³/mol. The van der Waals surface area contributed by atoms with E-state index in [9.17, 15) is 9.90 Å². The fraction of sp³-hybridized carbons (Fsp3) is 0.118. The number of Topliss-reactive ketones (excluding diaryl/α,β-unsaturated/α-hetero) is 1. The van der Waals surface area contributed by atoms with Crippen molar-refractivity contribution in [2.45, 2.75) is 13.8 Å². The zero-order valence-electron chi connectivity index (χ0n) is 11.3. The maximum Gasteiger partial charge on any atom is 0.231 e. The molecule has 2 aromatic rings. The molecular formula is C17H14O3. The number of carbonyl (C=O) groups excluding carboxylic acids is 1. The molecule has 0 atom stereocenters. The molecule has 0 saturated heterocycles. The third-order valence-corrected chi connectivity index (χ3v) is 3.45. The second-order valence-electron chi connectivity index (χ2n) is 4.97. The number of phenolic OH excluding ortho intramolecular Hbond substituents is 1. The number of hydrogen-bond acceptors (Lipinski definition) is 3. The van der Waals surface area contributed by atoms with Gasteiger partial charge in [-0.2, -0.15) is 0 Å². The summed E-state index contributed by atoms with van der Waals surface area (Å²) in [5.41, 5.74) is 3.49. The lowest BCUT2D eigenvalue weighted by Gasteiger charge is -2.02. The highest BCUT2D eigenvalue weighted by Crippen LogP contribution is 2.34. The summed E-state index contributed by atoms with van der Waals surface area (Å²) < 4.78 is 5.63. The number of phenols is 1. The number of aryl methyl sites for hydroxylation is 2. The number of carbonyl (C=O) groups is 1. The number of allylic oxidation sites excluding steroid dienone is 1. The van der Waals surface area contributed by atoms with Crippen molar-refractivity contribution in [3.8, 4) is 11.5 Å². The summed E-state index contributed by atoms with van der Waals surface area (Å²) in [5.74, 6) is 0.931. The quantitative estimate of drug-likeness (QED) is 0.802. The monoisotopic (exact) mass is 266 g/mol. The number of ether oxygens (including phenoxy) is 1. The summed E-state index contributed by atoms with van der Waals surface area (Å²) in [6.07, 6.45) is 1.65. The molecule has 0 amide bonds. The summed E-state index contributed by atoms with van der Waals surface area (Å²) in [7, 11) is 0. The minimum Gasteiger partial charge on any atom is -0.508 e. The van der Waals surface area contributed by atoms with Gasteiger partial charge < -0.3 is 9.84 Å². The fourth-order valence-corrected chi connectivity index (χ4v) is 2.21. The van der Waals surface area contributed by atoms with Crippen LogP contribution in [0, 0.1) is 13.8 Å². The van der Waals surface area contributed by atoms with Crippen molar-refractivity contribution < 1.29 is 14.6 Å². The SMILES string of the molecule is Cc1cc2c(cc1C)C(=O)/C(=C/c1cccc(O)c1)O2. The number of benzene rings is 2. The molecular weight excluding hydrogens is 252 g/mol. The lowest BCUT2D eigenvalue weighted by molar-refractivity contribution is 0.101. The predicted octanol–water partition coefficient (Wildman–Crippen LogP) is 3.63. The average Bonchev–Trinajstić information content (AvgIpc) is 2.68. The van der Waals surface area contributed by atoms with E-state index in [-0.39, 0.29) is 17.3 Å². The van der Waals surface area contributed by atoms with Crippen LogP contribution in [0.5, 0.6) is 11.5 Å². The van der Waals surface area contributed by atoms with Crippen molar-refractivity contribution in [3.05, 3.63) is 64.4 Å². The highest BCUT2D eigenvalue weighted by atomic mass is 16.5. The Bertz CT molecular complexity index is 742. The minimum atomic E-state index is -0.119. The molecule has 100 valence electrons. The zero-order chi connectivity index (χ0) is 14.3. The number of aromatic hydroxyl groups is 1. The van der Waals surface area contributed by atoms with Gasteiger partial charge in [0.15, 0.2) is 5.76 Å². The third kappa shape index (κ3) is 2.07. The maximum absolute atomic E-state index is 12.3. The standard InChI is InChI=1S/C17H14O3/c1-10-6-14-15(7-11(10)2)20-16(17(14)19)9-12-4-3-5-13(18)8-12/h3-9,18H,1-2H3/b16-9-. The second kappa shape index (κ2) is 4.53. The molecule has 3 rings (SSSR count). The highest BCUT2D eigenvalue weighted by Gasteiger charge is 2.27. The number of rotatable bonds is 1. The van der Waals surface area contributed by atoms with Gasteiger partial charge in [-0.25, -0.2) is 0 Å². The van der Waals surface area contributed by atoms with Crippen molar-refractivity contribution in [2.75, 3.05) is 0 Å². The van der Waals surface area contributed by atoms with Crippen LogP contribution in [0.3, 0.4) is 0 Å². The van der Waals surface area contributed by atoms with E-state index in [2.05, 4.69) is 0 Å². The Morgan fingerprint density at radius 2 is 1.85 bits per heavy atom. The fourth-order valence-electron chi connectivity index (χ4n) is 2.21. The van der Waals surface area contributed by atoms with Crippen molar-refractivity contribution in [1.82, 2.24) is 0 Å². The topological polar surface area (TPSA) is 46.5 Å². The molecule has 1 heterocycles. The normalized spacial score (nSPS) is 15.3. The molecule has 0 spiro atoms. The molecule has 0 radical (unpaired) electrons. The van der Waals surface area contributed by atoms with E-state index in [1.54, 1.807) is 24.3 Å². The third-order valence-electron chi connectivity index (χ3n) is 3.45. The molecule has 0 aliphatic carbocycles. The first-order valence-electron chi connectivity index (χ1n) is 6.39. The summed E-state index contributed by atoms with van der Waals surface area (Å²) in [4.78, 5) is 12.3. The Balaban J connectivity index is 2.01. The van der Waals surface area contributed by atoms with E-state index in [1.165, 1.54) is 0 Å². The van der Waals surface area contributed by atoms with Crippen molar-refractivity contribution >= 4 is 11.9 Å². The van der Waals surface area contributed by atoms with Crippen molar-refractivity contribution in [2.24, 2.45) is 0 Å². The maximum atomic E-state index is 12.3. The van der Waals surface area contributed by atoms with E-state index < -0.39 is 0 Å². The first-order valence-corrected chi connectivity index (χ1v) is 6.39. The van der Waals surface area contributed by atoms with Crippen LogP contribution in [0.25, 0.3) is 6.08 Å². The highest BCUT2D eigenvalue weighted by molar-refractivity contribution is 6.14. The molecule has 0 bridgehead atoms. The number of hydrogen-bond donors (Lipinski definition) is 1. The summed E-state index contributed by atoms with van der Waals surface area (Å²) in [5, 5.41) is 9.44. The Kier molecular flexibility index (Phi) is 2.83. The lowest BCUT2D eigenvalue weighted by atomic mass is 10.0. The van der Waals surface area contributed by atoms with Crippen LogP contribution in [0.1, 0.15) is 27.0 Å². The Hall–Kier alpha value is -2.55. The second-order valence-corrected chi connectivity index (χ2v) is 4.97. The molecule has 3 heteroatoms. The molecule has 3 nitrogen and oxygen atoms in total. The summed E-state index contributed by atoms with van der Waals surface area (Å²) >= 11 is 0. The molecule has 0 aromatic heterocycles. The van der Waals surface area contributed by atoms with Gasteiger partial charge in [0.2, 0.25) is 5.78 Å². The van der Waals surface area contributed by atoms with Crippen molar-refractivity contribution in [3.63, 3.8) is 0 Å². The molecule has 1 aliphatic heterocycles. The number of ketones is 1. The summed E-state index contributed by atoms with van der Waals surface area (Å²) in [6.45, 7) is 3.96. The van der Waals surface area contributed by atoms with Crippen LogP contribution in [0.4, 0.5) is 0 Å². The van der Waals surface area contributed by atoms with Crippen LogP contribution in [0.15, 0.2) is 42.2 Å². The molecule has 1 aliphatic rings. The van der Waals surface area contributed by atoms with Gasteiger partial charge in [0.25, 0.3) is 0 Å². The molecule has 2 aromatic carbocycles. The van der Waals surface area contributed by atoms with Gasteiger partial charge in [-0.3, -0.25) is 4.79 Å². The smallest absolute Gasteiger partial charge is 0.231 e. The van der Waals surface area contributed by atoms with Gasteiger partial charge in [-0.15, -0.1) is 0 Å². The Morgan fingerprint density at radius 3 is 2.60 bits per heavy atom. The van der Waals surface area contributed by atoms with Gasteiger partial charge in [0.05, 0.1) is 5.56 Å². The van der Waals surface area contributed by atoms with Crippen LogP contribution in [-0.4, -0.2) is 10.9 Å². The van der Waals surface area contributed by atoms with E-state index in [0.717, 1.165) is 16.7 Å². The summed E-state index contributed by atoms with van der Waals surface area (Å²) in [6, 6.07) is 10.4. The van der Waals surface area contributed by atoms with Crippen LogP contribution in [0.2, 0.25) is 0 Å². The van der Waals surface area contributed by atoms with E-state index in [1.807, 2.05) is 32.0 Å². The molecule has 0 saturated carbocycles. The first-order chi connectivity index (χ1) is 9.54. The Morgan fingerprint density at radius 1 is 1.10 bits per heavy atom. The number of fused-ring (bicyclic) bond motifs is 1. The van der Waals surface area contributed by atoms with Gasteiger partial charge in [-0.1, -0.05) is 12.1 Å². The average molecular weight is 266 g/mol. The van der Waals surface area contributed by atoms with Gasteiger partial charge in [-0.05, 0) is 60.9 Å². The largest absolute Gasteiger partial charge is 0.508 e. The first kappa shape index (κ1) is 12.5. The lowest BCUT2D eigenvalue weighted by Crippen LogP contribution is -1.98. The van der Waals surface area contributed by atoms with Crippen LogP contribution >= 0.6 is 0 Å². The molecule has 0 unspecified atom stereocenters. The Labute approximate surface area is 117 Å².